The first-order chi connectivity index (χ1) is 4.36. The predicted octanol–water partition coefficient (Wildman–Crippen LogP) is 0.194. The van der Waals surface area contributed by atoms with E-state index in [9.17, 15) is 4.79 Å². The Labute approximate surface area is 53.9 Å². The Bertz CT molecular complexity index is 102. The molecule has 1 saturated heterocycles. The van der Waals surface area contributed by atoms with Crippen LogP contribution in [-0.4, -0.2) is 26.3 Å². The highest BCUT2D eigenvalue weighted by Gasteiger charge is 2.23. The van der Waals surface area contributed by atoms with Crippen molar-refractivity contribution >= 4 is 6.29 Å². The summed E-state index contributed by atoms with van der Waals surface area (Å²) in [5, 5.41) is 0. The van der Waals surface area contributed by atoms with Gasteiger partial charge in [-0.3, -0.25) is 0 Å². The van der Waals surface area contributed by atoms with Crippen LogP contribution in [0, 0.1) is 5.92 Å². The molecule has 52 valence electrons. The summed E-state index contributed by atoms with van der Waals surface area (Å²) < 4.78 is 9.91. The van der Waals surface area contributed by atoms with Gasteiger partial charge < -0.3 is 14.3 Å². The topological polar surface area (TPSA) is 35.5 Å². The van der Waals surface area contributed by atoms with Gasteiger partial charge in [-0.2, -0.15) is 0 Å². The molecule has 0 N–H and O–H groups in total. The Balaban J connectivity index is 2.28. The third-order valence-electron chi connectivity index (χ3n) is 1.45. The van der Waals surface area contributed by atoms with Gasteiger partial charge in [-0.15, -0.1) is 0 Å². The van der Waals surface area contributed by atoms with Crippen LogP contribution in [0.25, 0.3) is 0 Å². The van der Waals surface area contributed by atoms with Crippen LogP contribution < -0.4 is 0 Å². The Morgan fingerprint density at radius 3 is 2.89 bits per heavy atom. The van der Waals surface area contributed by atoms with Gasteiger partial charge in [-0.05, 0) is 0 Å². The van der Waals surface area contributed by atoms with Crippen LogP contribution in [0.5, 0.6) is 0 Å². The van der Waals surface area contributed by atoms with Crippen LogP contribution in [0.15, 0.2) is 0 Å². The molecule has 3 heteroatoms. The third-order valence-corrected chi connectivity index (χ3v) is 1.45. The van der Waals surface area contributed by atoms with Crippen molar-refractivity contribution < 1.29 is 14.3 Å². The minimum atomic E-state index is -0.153. The molecular formula is C6H10O3. The van der Waals surface area contributed by atoms with Crippen molar-refractivity contribution in [1.29, 1.82) is 0 Å². The lowest BCUT2D eigenvalue weighted by Crippen LogP contribution is -2.06. The molecule has 0 aromatic heterocycles. The molecule has 0 spiro atoms. The fourth-order valence-electron chi connectivity index (χ4n) is 0.873. The summed E-state index contributed by atoms with van der Waals surface area (Å²) in [4.78, 5) is 10.1. The third kappa shape index (κ3) is 1.50. The number of carbonyl (C=O) groups excluding carboxylic acids is 1. The Hall–Kier alpha value is -0.410. The number of rotatable bonds is 2. The first kappa shape index (κ1) is 6.71. The van der Waals surface area contributed by atoms with Crippen LogP contribution >= 0.6 is 0 Å². The molecular weight excluding hydrogens is 120 g/mol. The normalized spacial score (nSPS) is 34.8. The molecule has 1 aliphatic heterocycles. The van der Waals surface area contributed by atoms with E-state index in [2.05, 4.69) is 0 Å². The summed E-state index contributed by atoms with van der Waals surface area (Å²) in [6.45, 7) is 0.516. The van der Waals surface area contributed by atoms with Crippen molar-refractivity contribution in [2.45, 2.75) is 12.7 Å². The minimum Gasteiger partial charge on any atom is -0.356 e. The molecule has 0 aromatic rings. The van der Waals surface area contributed by atoms with Crippen LogP contribution in [-0.2, 0) is 14.3 Å². The molecule has 1 rings (SSSR count). The predicted molar refractivity (Wildman–Crippen MR) is 30.9 cm³/mol. The van der Waals surface area contributed by atoms with Gasteiger partial charge in [-0.1, -0.05) is 0 Å². The van der Waals surface area contributed by atoms with Gasteiger partial charge in [0.2, 0.25) is 0 Å². The standard InChI is InChI=1S/C6H10O3/c1-8-6-2-5(3-7)4-9-6/h3,5-6H,2,4H2,1H3. The van der Waals surface area contributed by atoms with Crippen molar-refractivity contribution in [3.63, 3.8) is 0 Å². The van der Waals surface area contributed by atoms with Crippen molar-refractivity contribution in [3.8, 4) is 0 Å². The van der Waals surface area contributed by atoms with Crippen molar-refractivity contribution in [1.82, 2.24) is 0 Å². The lowest BCUT2D eigenvalue weighted by Gasteiger charge is -2.03. The second-order valence-electron chi connectivity index (χ2n) is 2.13. The highest BCUT2D eigenvalue weighted by atomic mass is 16.7. The zero-order valence-corrected chi connectivity index (χ0v) is 5.37. The molecule has 0 aliphatic carbocycles. The van der Waals surface area contributed by atoms with E-state index in [1.165, 1.54) is 0 Å². The van der Waals surface area contributed by atoms with E-state index in [1.807, 2.05) is 0 Å². The smallest absolute Gasteiger partial charge is 0.157 e. The average Bonchev–Trinajstić information content (AvgIpc) is 2.34. The van der Waals surface area contributed by atoms with Gasteiger partial charge in [0, 0.05) is 19.4 Å². The molecule has 2 atom stereocenters. The van der Waals surface area contributed by atoms with Crippen LogP contribution in [0.1, 0.15) is 6.42 Å². The van der Waals surface area contributed by atoms with Gasteiger partial charge in [0.25, 0.3) is 0 Å². The summed E-state index contributed by atoms with van der Waals surface area (Å²) >= 11 is 0. The second kappa shape index (κ2) is 2.94. The molecule has 0 amide bonds. The summed E-state index contributed by atoms with van der Waals surface area (Å²) in [6.07, 6.45) is 1.47. The van der Waals surface area contributed by atoms with E-state index in [0.717, 1.165) is 6.29 Å². The molecule has 0 bridgehead atoms. The second-order valence-corrected chi connectivity index (χ2v) is 2.13. The monoisotopic (exact) mass is 130 g/mol. The largest absolute Gasteiger partial charge is 0.356 e. The number of ether oxygens (including phenoxy) is 2. The van der Waals surface area contributed by atoms with E-state index in [4.69, 9.17) is 9.47 Å². The highest BCUT2D eigenvalue weighted by molar-refractivity contribution is 5.54. The highest BCUT2D eigenvalue weighted by Crippen LogP contribution is 2.17. The number of carbonyl (C=O) groups is 1. The number of hydrogen-bond acceptors (Lipinski definition) is 3. The summed E-state index contributed by atoms with van der Waals surface area (Å²) in [5.74, 6) is 0.0509. The summed E-state index contributed by atoms with van der Waals surface area (Å²) in [6, 6.07) is 0. The van der Waals surface area contributed by atoms with Gasteiger partial charge in [0.05, 0.1) is 6.61 Å². The van der Waals surface area contributed by atoms with Crippen LogP contribution in [0.4, 0.5) is 0 Å². The van der Waals surface area contributed by atoms with E-state index < -0.39 is 0 Å². The van der Waals surface area contributed by atoms with Gasteiger partial charge in [0.15, 0.2) is 6.29 Å². The van der Waals surface area contributed by atoms with Crippen molar-refractivity contribution in [2.75, 3.05) is 13.7 Å². The van der Waals surface area contributed by atoms with Crippen molar-refractivity contribution in [2.24, 2.45) is 5.92 Å². The summed E-state index contributed by atoms with van der Waals surface area (Å²) in [5.41, 5.74) is 0. The average molecular weight is 130 g/mol. The molecule has 0 radical (unpaired) electrons. The first-order valence-electron chi connectivity index (χ1n) is 2.96. The lowest BCUT2D eigenvalue weighted by molar-refractivity contribution is -0.111. The lowest BCUT2D eigenvalue weighted by atomic mass is 10.1. The Morgan fingerprint density at radius 2 is 2.56 bits per heavy atom. The fourth-order valence-corrected chi connectivity index (χ4v) is 0.873. The molecule has 0 saturated carbocycles. The molecule has 1 heterocycles. The van der Waals surface area contributed by atoms with Crippen molar-refractivity contribution in [3.05, 3.63) is 0 Å². The van der Waals surface area contributed by atoms with E-state index in [1.54, 1.807) is 7.11 Å². The van der Waals surface area contributed by atoms with Crippen LogP contribution in [0.2, 0.25) is 0 Å². The molecule has 1 fully saturated rings. The molecule has 3 nitrogen and oxygen atoms in total. The van der Waals surface area contributed by atoms with E-state index in [0.29, 0.717) is 13.0 Å². The molecule has 9 heavy (non-hydrogen) atoms. The number of methoxy groups -OCH3 is 1. The quantitative estimate of drug-likeness (QED) is 0.501. The zero-order valence-electron chi connectivity index (χ0n) is 5.37. The van der Waals surface area contributed by atoms with E-state index >= 15 is 0 Å². The summed E-state index contributed by atoms with van der Waals surface area (Å²) in [7, 11) is 1.58. The molecule has 0 aromatic carbocycles. The number of aldehydes is 1. The molecule has 1 aliphatic rings. The first-order valence-corrected chi connectivity index (χ1v) is 2.96. The maximum atomic E-state index is 10.1. The zero-order chi connectivity index (χ0) is 6.69. The number of hydrogen-bond donors (Lipinski definition) is 0. The minimum absolute atomic E-state index is 0.0509. The fraction of sp³-hybridized carbons (Fsp3) is 0.833. The Morgan fingerprint density at radius 1 is 1.78 bits per heavy atom. The van der Waals surface area contributed by atoms with Gasteiger partial charge in [-0.25, -0.2) is 0 Å². The van der Waals surface area contributed by atoms with Crippen LogP contribution in [0.3, 0.4) is 0 Å². The van der Waals surface area contributed by atoms with Gasteiger partial charge >= 0.3 is 0 Å². The van der Waals surface area contributed by atoms with Gasteiger partial charge in [0.1, 0.15) is 6.29 Å². The van der Waals surface area contributed by atoms with E-state index in [-0.39, 0.29) is 12.2 Å². The SMILES string of the molecule is COC1CC(C=O)CO1. The maximum Gasteiger partial charge on any atom is 0.157 e. The molecule has 2 unspecified atom stereocenters. The Kier molecular flexibility index (Phi) is 2.19. The maximum absolute atomic E-state index is 10.1.